The van der Waals surface area contributed by atoms with E-state index >= 15 is 0 Å². The van der Waals surface area contributed by atoms with Gasteiger partial charge < -0.3 is 10.1 Å². The fraction of sp³-hybridized carbons (Fsp3) is 0.316. The van der Waals surface area contributed by atoms with Crippen molar-refractivity contribution in [3.63, 3.8) is 0 Å². The van der Waals surface area contributed by atoms with Gasteiger partial charge in [0.2, 0.25) is 0 Å². The highest BCUT2D eigenvalue weighted by atomic mass is 35.5. The van der Waals surface area contributed by atoms with Crippen molar-refractivity contribution in [2.75, 3.05) is 13.2 Å². The van der Waals surface area contributed by atoms with Crippen LogP contribution in [-0.4, -0.2) is 19.1 Å². The van der Waals surface area contributed by atoms with Gasteiger partial charge in [0, 0.05) is 0 Å². The Morgan fingerprint density at radius 1 is 1.09 bits per heavy atom. The number of fused-ring (bicyclic) bond motifs is 1. The van der Waals surface area contributed by atoms with Crippen molar-refractivity contribution in [2.45, 2.75) is 25.7 Å². The Hall–Kier alpha value is -2.00. The lowest BCUT2D eigenvalue weighted by atomic mass is 9.91. The van der Waals surface area contributed by atoms with Crippen molar-refractivity contribution >= 4 is 17.5 Å². The fourth-order valence-electron chi connectivity index (χ4n) is 2.95. The van der Waals surface area contributed by atoms with Gasteiger partial charge >= 0.3 is 0 Å². The normalized spacial score (nSPS) is 13.3. The number of rotatable bonds is 5. The molecule has 0 unspecified atom stereocenters. The molecule has 0 bridgehead atoms. The molecule has 1 aliphatic carbocycles. The lowest BCUT2D eigenvalue weighted by molar-refractivity contribution is 0.0947. The van der Waals surface area contributed by atoms with Crippen molar-refractivity contribution in [1.29, 1.82) is 0 Å². The van der Waals surface area contributed by atoms with Crippen molar-refractivity contribution < 1.29 is 9.53 Å². The molecular weight excluding hydrogens is 310 g/mol. The monoisotopic (exact) mass is 329 g/mol. The van der Waals surface area contributed by atoms with Gasteiger partial charge in [0.25, 0.3) is 5.91 Å². The Balaban J connectivity index is 1.53. The van der Waals surface area contributed by atoms with Gasteiger partial charge in [-0.2, -0.15) is 0 Å². The second kappa shape index (κ2) is 7.51. The van der Waals surface area contributed by atoms with Crippen LogP contribution in [0.25, 0.3) is 0 Å². The van der Waals surface area contributed by atoms with E-state index in [2.05, 4.69) is 11.4 Å². The summed E-state index contributed by atoms with van der Waals surface area (Å²) < 4.78 is 5.87. The molecule has 3 nitrogen and oxygen atoms in total. The predicted octanol–water partition coefficient (Wildman–Crippen LogP) is 4.03. The number of nitrogens with one attached hydrogen (secondary N) is 1. The van der Waals surface area contributed by atoms with Crippen LogP contribution in [0.2, 0.25) is 5.02 Å². The number of ether oxygens (including phenoxy) is 1. The first-order valence-electron chi connectivity index (χ1n) is 8.02. The highest BCUT2D eigenvalue weighted by molar-refractivity contribution is 6.33. The molecule has 0 aromatic heterocycles. The third-order valence-corrected chi connectivity index (χ3v) is 4.45. The number of benzene rings is 2. The number of hydrogen-bond donors (Lipinski definition) is 1. The second-order valence-corrected chi connectivity index (χ2v) is 6.09. The average Bonchev–Trinajstić information content (AvgIpc) is 2.59. The summed E-state index contributed by atoms with van der Waals surface area (Å²) in [4.78, 5) is 12.1. The summed E-state index contributed by atoms with van der Waals surface area (Å²) in [7, 11) is 0. The van der Waals surface area contributed by atoms with Crippen LogP contribution in [-0.2, 0) is 12.8 Å². The van der Waals surface area contributed by atoms with E-state index in [-0.39, 0.29) is 5.91 Å². The van der Waals surface area contributed by atoms with Gasteiger partial charge in [0.1, 0.15) is 12.4 Å². The minimum atomic E-state index is -0.172. The lowest BCUT2D eigenvalue weighted by Gasteiger charge is -2.19. The number of halogens is 1. The van der Waals surface area contributed by atoms with Gasteiger partial charge in [0.15, 0.2) is 0 Å². The Bertz CT molecular complexity index is 700. The van der Waals surface area contributed by atoms with Gasteiger partial charge in [-0.1, -0.05) is 35.9 Å². The number of carbonyl (C=O) groups is 1. The largest absolute Gasteiger partial charge is 0.491 e. The average molecular weight is 330 g/mol. The second-order valence-electron chi connectivity index (χ2n) is 5.69. The SMILES string of the molecule is O=C(NCCOc1cccc2c1CCCC2)c1ccccc1Cl. The molecule has 0 aliphatic heterocycles. The van der Waals surface area contributed by atoms with E-state index in [0.717, 1.165) is 18.6 Å². The lowest BCUT2D eigenvalue weighted by Crippen LogP contribution is -2.28. The first-order valence-corrected chi connectivity index (χ1v) is 8.40. The Morgan fingerprint density at radius 2 is 1.91 bits per heavy atom. The van der Waals surface area contributed by atoms with E-state index in [0.29, 0.717) is 23.7 Å². The maximum Gasteiger partial charge on any atom is 0.252 e. The number of hydrogen-bond acceptors (Lipinski definition) is 2. The van der Waals surface area contributed by atoms with Crippen LogP contribution in [0.15, 0.2) is 42.5 Å². The van der Waals surface area contributed by atoms with Gasteiger partial charge in [-0.05, 0) is 55.0 Å². The molecule has 0 fully saturated rings. The third-order valence-electron chi connectivity index (χ3n) is 4.12. The molecule has 0 spiro atoms. The van der Waals surface area contributed by atoms with Crippen LogP contribution < -0.4 is 10.1 Å². The van der Waals surface area contributed by atoms with Crippen molar-refractivity contribution in [2.24, 2.45) is 0 Å². The van der Waals surface area contributed by atoms with Crippen molar-refractivity contribution in [3.05, 3.63) is 64.2 Å². The van der Waals surface area contributed by atoms with Crippen LogP contribution in [0.5, 0.6) is 5.75 Å². The zero-order chi connectivity index (χ0) is 16.1. The summed E-state index contributed by atoms with van der Waals surface area (Å²) in [6.07, 6.45) is 4.69. The molecule has 0 heterocycles. The van der Waals surface area contributed by atoms with Gasteiger partial charge in [-0.15, -0.1) is 0 Å². The smallest absolute Gasteiger partial charge is 0.252 e. The van der Waals surface area contributed by atoms with Crippen LogP contribution in [0, 0.1) is 0 Å². The molecule has 120 valence electrons. The fourth-order valence-corrected chi connectivity index (χ4v) is 3.17. The molecule has 0 atom stereocenters. The maximum atomic E-state index is 12.1. The zero-order valence-electron chi connectivity index (χ0n) is 13.0. The molecule has 2 aromatic rings. The van der Waals surface area contributed by atoms with E-state index in [9.17, 15) is 4.79 Å². The van der Waals surface area contributed by atoms with E-state index in [1.165, 1.54) is 24.0 Å². The van der Waals surface area contributed by atoms with Crippen LogP contribution in [0.4, 0.5) is 0 Å². The molecule has 0 saturated carbocycles. The summed E-state index contributed by atoms with van der Waals surface area (Å²) >= 11 is 6.02. The molecule has 1 aliphatic rings. The Labute approximate surface area is 141 Å². The molecular formula is C19H20ClNO2. The molecule has 0 radical (unpaired) electrons. The molecule has 23 heavy (non-hydrogen) atoms. The van der Waals surface area contributed by atoms with E-state index in [4.69, 9.17) is 16.3 Å². The first kappa shape index (κ1) is 15.9. The van der Waals surface area contributed by atoms with Crippen molar-refractivity contribution in [3.8, 4) is 5.75 Å². The number of carbonyl (C=O) groups excluding carboxylic acids is 1. The van der Waals surface area contributed by atoms with Gasteiger partial charge in [-0.3, -0.25) is 4.79 Å². The molecule has 2 aromatic carbocycles. The van der Waals surface area contributed by atoms with Crippen LogP contribution in [0.3, 0.4) is 0 Å². The summed E-state index contributed by atoms with van der Waals surface area (Å²) in [5.74, 6) is 0.781. The summed E-state index contributed by atoms with van der Waals surface area (Å²) in [6, 6.07) is 13.3. The van der Waals surface area contributed by atoms with Crippen molar-refractivity contribution in [1.82, 2.24) is 5.32 Å². The van der Waals surface area contributed by atoms with Crippen LogP contribution >= 0.6 is 11.6 Å². The highest BCUT2D eigenvalue weighted by Crippen LogP contribution is 2.29. The summed E-state index contributed by atoms with van der Waals surface area (Å²) in [6.45, 7) is 0.903. The Morgan fingerprint density at radius 3 is 2.78 bits per heavy atom. The van der Waals surface area contributed by atoms with E-state index in [1.54, 1.807) is 24.3 Å². The summed E-state index contributed by atoms with van der Waals surface area (Å²) in [5, 5.41) is 3.30. The third kappa shape index (κ3) is 3.85. The maximum absolute atomic E-state index is 12.1. The predicted molar refractivity (Wildman–Crippen MR) is 92.4 cm³/mol. The molecule has 1 amide bonds. The zero-order valence-corrected chi connectivity index (χ0v) is 13.7. The number of aryl methyl sites for hydroxylation is 1. The Kier molecular flexibility index (Phi) is 5.19. The minimum Gasteiger partial charge on any atom is -0.491 e. The first-order chi connectivity index (χ1) is 11.3. The topological polar surface area (TPSA) is 38.3 Å². The van der Waals surface area contributed by atoms with E-state index in [1.807, 2.05) is 12.1 Å². The highest BCUT2D eigenvalue weighted by Gasteiger charge is 2.14. The summed E-state index contributed by atoms with van der Waals surface area (Å²) in [5.41, 5.74) is 3.22. The standard InChI is InChI=1S/C19H20ClNO2/c20-17-10-4-3-9-16(17)19(22)21-12-13-23-18-11-5-7-14-6-1-2-8-15(14)18/h3-5,7,9-11H,1-2,6,8,12-13H2,(H,21,22). The van der Waals surface area contributed by atoms with Crippen LogP contribution in [0.1, 0.15) is 34.3 Å². The minimum absolute atomic E-state index is 0.172. The molecule has 3 rings (SSSR count). The molecule has 0 saturated heterocycles. The molecule has 4 heteroatoms. The quantitative estimate of drug-likeness (QED) is 0.841. The number of amides is 1. The molecule has 1 N–H and O–H groups in total. The van der Waals surface area contributed by atoms with Gasteiger partial charge in [0.05, 0.1) is 17.1 Å². The van der Waals surface area contributed by atoms with E-state index < -0.39 is 0 Å². The van der Waals surface area contributed by atoms with Gasteiger partial charge in [-0.25, -0.2) is 0 Å².